The molecule has 2 heterocycles. The minimum absolute atomic E-state index is 0. The van der Waals surface area contributed by atoms with Crippen molar-refractivity contribution in [3.63, 3.8) is 0 Å². The molecule has 2 unspecified atom stereocenters. The Morgan fingerprint density at radius 2 is 1.90 bits per heavy atom. The standard InChI is InChI=1S/C19H25Cl2N4O2S.Ir/c1-19(2,3)28(27)24-18(14-8-15(20)16(21)9-17(14)26)12-4-6-25(7-5-12)13-10-22-23-11-13;/h8-12,18,24H,4-7H2,1-3H3,(H-,22,23,26);/q-1;. The van der Waals surface area contributed by atoms with Gasteiger partial charge in [-0.2, -0.15) is 0 Å². The van der Waals surface area contributed by atoms with Gasteiger partial charge in [0.1, 0.15) is 5.75 Å². The smallest absolute Gasteiger partial charge is 0.121 e. The summed E-state index contributed by atoms with van der Waals surface area (Å²) >= 11 is 12.3. The van der Waals surface area contributed by atoms with Gasteiger partial charge in [0.15, 0.2) is 0 Å². The molecule has 1 saturated heterocycles. The molecular weight excluding hydrogens is 611 g/mol. The molecule has 0 saturated carbocycles. The third kappa shape index (κ3) is 5.96. The van der Waals surface area contributed by atoms with Gasteiger partial charge in [-0.15, -0.1) is 6.20 Å². The topological polar surface area (TPSA) is 79.6 Å². The van der Waals surface area contributed by atoms with Crippen molar-refractivity contribution >= 4 is 39.9 Å². The van der Waals surface area contributed by atoms with Crippen LogP contribution in [0.1, 0.15) is 45.2 Å². The molecule has 1 aliphatic heterocycles. The Kier molecular flexibility index (Phi) is 8.60. The van der Waals surface area contributed by atoms with Crippen LogP contribution in [0.5, 0.6) is 5.75 Å². The van der Waals surface area contributed by atoms with E-state index >= 15 is 0 Å². The molecule has 3 rings (SSSR count). The number of benzene rings is 1. The summed E-state index contributed by atoms with van der Waals surface area (Å²) < 4.78 is 15.7. The number of nitrogens with one attached hydrogen (secondary N) is 1. The molecule has 0 spiro atoms. The molecule has 0 aliphatic carbocycles. The Balaban J connectivity index is 0.00000300. The molecule has 2 aromatic rings. The van der Waals surface area contributed by atoms with E-state index in [2.05, 4.69) is 19.8 Å². The normalized spacial score (nSPS) is 17.6. The van der Waals surface area contributed by atoms with E-state index in [1.54, 1.807) is 18.5 Å². The molecule has 29 heavy (non-hydrogen) atoms. The van der Waals surface area contributed by atoms with Gasteiger partial charge in [-0.3, -0.25) is 0 Å². The Labute approximate surface area is 197 Å². The van der Waals surface area contributed by atoms with Crippen molar-refractivity contribution in [3.8, 4) is 5.75 Å². The van der Waals surface area contributed by atoms with Gasteiger partial charge in [0.05, 0.1) is 31.8 Å². The van der Waals surface area contributed by atoms with Crippen LogP contribution < -0.4 is 14.7 Å². The van der Waals surface area contributed by atoms with E-state index in [-0.39, 0.29) is 37.8 Å². The zero-order chi connectivity index (χ0) is 20.5. The summed E-state index contributed by atoms with van der Waals surface area (Å²) in [6.07, 6.45) is 5.25. The maximum Gasteiger partial charge on any atom is 0.121 e. The van der Waals surface area contributed by atoms with Crippen LogP contribution in [-0.2, 0) is 31.1 Å². The zero-order valence-electron chi connectivity index (χ0n) is 16.5. The average Bonchev–Trinajstić information content (AvgIpc) is 3.17. The SMILES string of the molecule is CC(C)(C)S(=O)NC(c1cc(Cl)c(Cl)cc1O)C1CCN(c2cn[n-]c2)CC1.[Ir]. The van der Waals surface area contributed by atoms with E-state index in [0.717, 1.165) is 31.6 Å². The van der Waals surface area contributed by atoms with Gasteiger partial charge in [0.25, 0.3) is 0 Å². The Morgan fingerprint density at radius 1 is 1.28 bits per heavy atom. The van der Waals surface area contributed by atoms with Gasteiger partial charge in [-0.05, 0) is 45.6 Å². The van der Waals surface area contributed by atoms with Crippen LogP contribution in [0.4, 0.5) is 5.69 Å². The molecule has 2 N–H and O–H groups in total. The molecule has 163 valence electrons. The van der Waals surface area contributed by atoms with E-state index < -0.39 is 15.7 Å². The summed E-state index contributed by atoms with van der Waals surface area (Å²) in [7, 11) is -1.30. The molecule has 1 aliphatic rings. The number of hydrogen-bond donors (Lipinski definition) is 2. The summed E-state index contributed by atoms with van der Waals surface area (Å²) in [5.41, 5.74) is 1.64. The third-order valence-corrected chi connectivity index (χ3v) is 7.32. The van der Waals surface area contributed by atoms with Gasteiger partial charge in [0, 0.05) is 56.7 Å². The summed E-state index contributed by atoms with van der Waals surface area (Å²) in [6.45, 7) is 7.42. The number of aromatic hydroxyl groups is 1. The minimum atomic E-state index is -1.30. The minimum Gasteiger partial charge on any atom is -0.580 e. The van der Waals surface area contributed by atoms with Gasteiger partial charge in [0.2, 0.25) is 0 Å². The van der Waals surface area contributed by atoms with Crippen molar-refractivity contribution in [1.29, 1.82) is 0 Å². The third-order valence-electron chi connectivity index (χ3n) is 5.02. The first-order chi connectivity index (χ1) is 13.2. The molecule has 2 atom stereocenters. The van der Waals surface area contributed by atoms with Crippen LogP contribution in [0.3, 0.4) is 0 Å². The number of nitrogens with zero attached hydrogens (tertiary/aromatic N) is 3. The molecule has 6 nitrogen and oxygen atoms in total. The van der Waals surface area contributed by atoms with Gasteiger partial charge < -0.3 is 20.2 Å². The zero-order valence-corrected chi connectivity index (χ0v) is 21.2. The van der Waals surface area contributed by atoms with Crippen molar-refractivity contribution in [2.45, 2.75) is 44.4 Å². The Morgan fingerprint density at radius 3 is 2.45 bits per heavy atom. The van der Waals surface area contributed by atoms with E-state index in [0.29, 0.717) is 15.6 Å². The van der Waals surface area contributed by atoms with E-state index in [1.165, 1.54) is 6.07 Å². The monoisotopic (exact) mass is 636 g/mol. The largest absolute Gasteiger partial charge is 0.580 e. The van der Waals surface area contributed by atoms with Crippen molar-refractivity contribution < 1.29 is 29.4 Å². The first kappa shape index (κ1) is 24.6. The molecule has 10 heteroatoms. The van der Waals surface area contributed by atoms with Gasteiger partial charge >= 0.3 is 0 Å². The van der Waals surface area contributed by atoms with Crippen molar-refractivity contribution in [2.24, 2.45) is 5.92 Å². The van der Waals surface area contributed by atoms with Crippen LogP contribution in [0.25, 0.3) is 0 Å². The summed E-state index contributed by atoms with van der Waals surface area (Å²) in [5, 5.41) is 19.0. The quantitative estimate of drug-likeness (QED) is 0.518. The van der Waals surface area contributed by atoms with Crippen molar-refractivity contribution in [1.82, 2.24) is 14.9 Å². The molecular formula is C19H25Cl2IrN4O2S-. The second kappa shape index (κ2) is 10.1. The average molecular weight is 637 g/mol. The second-order valence-electron chi connectivity index (χ2n) is 8.04. The van der Waals surface area contributed by atoms with Gasteiger partial charge in [-0.1, -0.05) is 23.2 Å². The molecule has 1 radical (unpaired) electrons. The molecule has 1 aromatic heterocycles. The Bertz CT molecular complexity index is 837. The summed E-state index contributed by atoms with van der Waals surface area (Å²) in [4.78, 5) is 2.24. The maximum atomic E-state index is 12.8. The van der Waals surface area contributed by atoms with Crippen LogP contribution >= 0.6 is 23.2 Å². The number of phenolic OH excluding ortho intramolecular Hbond substituents is 1. The Hall–Kier alpha value is -0.631. The molecule has 1 fully saturated rings. The van der Waals surface area contributed by atoms with Crippen molar-refractivity contribution in [3.05, 3.63) is 40.1 Å². The van der Waals surface area contributed by atoms with Crippen LogP contribution in [0.15, 0.2) is 24.5 Å². The number of halogens is 2. The van der Waals surface area contributed by atoms with E-state index in [9.17, 15) is 9.32 Å². The number of phenols is 1. The molecule has 0 bridgehead atoms. The fourth-order valence-corrected chi connectivity index (χ4v) is 4.61. The van der Waals surface area contributed by atoms with E-state index in [4.69, 9.17) is 23.2 Å². The van der Waals surface area contributed by atoms with Crippen LogP contribution in [-0.4, -0.2) is 32.3 Å². The number of anilines is 1. The van der Waals surface area contributed by atoms with Crippen LogP contribution in [0.2, 0.25) is 10.0 Å². The fourth-order valence-electron chi connectivity index (χ4n) is 3.38. The first-order valence-corrected chi connectivity index (χ1v) is 11.1. The molecule has 1 aromatic carbocycles. The second-order valence-corrected chi connectivity index (χ2v) is 10.9. The molecule has 0 amide bonds. The van der Waals surface area contributed by atoms with Gasteiger partial charge in [-0.25, -0.2) is 8.93 Å². The summed E-state index contributed by atoms with van der Waals surface area (Å²) in [5.74, 6) is 0.242. The van der Waals surface area contributed by atoms with Crippen molar-refractivity contribution in [2.75, 3.05) is 18.0 Å². The summed E-state index contributed by atoms with van der Waals surface area (Å²) in [6, 6.07) is 2.83. The predicted octanol–water partition coefficient (Wildman–Crippen LogP) is 4.06. The number of rotatable bonds is 5. The fraction of sp³-hybridized carbons (Fsp3) is 0.526. The number of piperidine rings is 1. The maximum absolute atomic E-state index is 12.8. The van der Waals surface area contributed by atoms with Crippen LogP contribution in [0, 0.1) is 5.92 Å². The number of aromatic nitrogens is 2. The predicted molar refractivity (Wildman–Crippen MR) is 114 cm³/mol. The van der Waals surface area contributed by atoms with E-state index in [1.807, 2.05) is 20.8 Å². The number of hydrogen-bond acceptors (Lipinski definition) is 4. The first-order valence-electron chi connectivity index (χ1n) is 9.21.